The molecule has 0 amide bonds. The van der Waals surface area contributed by atoms with Crippen molar-refractivity contribution in [3.8, 4) is 0 Å². The summed E-state index contributed by atoms with van der Waals surface area (Å²) >= 11 is 0. The molecule has 0 saturated carbocycles. The molecule has 1 rings (SSSR count). The number of carbonyl (C=O) groups excluding carboxylic acids is 1. The molecule has 0 aromatic rings. The first-order valence-corrected chi connectivity index (χ1v) is 11.2. The van der Waals surface area contributed by atoms with Crippen LogP contribution >= 0.6 is 0 Å². The van der Waals surface area contributed by atoms with E-state index < -0.39 is 5.97 Å². The highest BCUT2D eigenvalue weighted by atomic mass is 16.6. The molecule has 1 aliphatic heterocycles. The van der Waals surface area contributed by atoms with E-state index in [2.05, 4.69) is 6.92 Å². The lowest BCUT2D eigenvalue weighted by atomic mass is 9.91. The molecule has 1 heterocycles. The van der Waals surface area contributed by atoms with Crippen LogP contribution in [0.3, 0.4) is 0 Å². The van der Waals surface area contributed by atoms with E-state index in [4.69, 9.17) is 14.6 Å². The Kier molecular flexibility index (Phi) is 13.7. The molecular weight excluding hydrogens is 356 g/mol. The van der Waals surface area contributed by atoms with E-state index in [0.717, 1.165) is 44.9 Å². The van der Waals surface area contributed by atoms with Gasteiger partial charge in [0.1, 0.15) is 0 Å². The minimum absolute atomic E-state index is 0.274. The number of aliphatic carboxylic acids is 1. The number of epoxide rings is 1. The van der Waals surface area contributed by atoms with Crippen molar-refractivity contribution in [2.45, 2.75) is 116 Å². The molecule has 0 bridgehead atoms. The second-order valence-electron chi connectivity index (χ2n) is 8.08. The van der Waals surface area contributed by atoms with Crippen molar-refractivity contribution in [3.63, 3.8) is 0 Å². The van der Waals surface area contributed by atoms with Gasteiger partial charge < -0.3 is 14.6 Å². The number of allylic oxidation sites excluding steroid dienone is 1. The summed E-state index contributed by atoms with van der Waals surface area (Å²) in [6.45, 7) is 3.65. The average molecular weight is 397 g/mol. The predicted octanol–water partition coefficient (Wildman–Crippen LogP) is 6.01. The van der Waals surface area contributed by atoms with Crippen molar-refractivity contribution in [2.24, 2.45) is 5.92 Å². The summed E-state index contributed by atoms with van der Waals surface area (Å²) in [6.07, 6.45) is 19.3. The van der Waals surface area contributed by atoms with Gasteiger partial charge in [-0.2, -0.15) is 0 Å². The maximum absolute atomic E-state index is 10.9. The van der Waals surface area contributed by atoms with Gasteiger partial charge in [0, 0.05) is 13.3 Å². The predicted molar refractivity (Wildman–Crippen MR) is 111 cm³/mol. The Morgan fingerprint density at radius 1 is 1.04 bits per heavy atom. The molecule has 3 atom stereocenters. The zero-order valence-corrected chi connectivity index (χ0v) is 17.9. The standard InChI is InChI=1S/C23H40O5/c1-3-4-5-9-13-20(14-12-17-27-19(2)24)18-22-21(28-22)15-10-7-6-8-11-16-23(25)26/h12,17,20-22H,3-11,13-16,18H2,1-2H3,(H,25,26). The van der Waals surface area contributed by atoms with Crippen LogP contribution in [0.2, 0.25) is 0 Å². The van der Waals surface area contributed by atoms with Crippen molar-refractivity contribution in [3.05, 3.63) is 12.3 Å². The fourth-order valence-electron chi connectivity index (χ4n) is 3.70. The Morgan fingerprint density at radius 3 is 2.46 bits per heavy atom. The van der Waals surface area contributed by atoms with Gasteiger partial charge >= 0.3 is 11.9 Å². The van der Waals surface area contributed by atoms with Crippen molar-refractivity contribution < 1.29 is 24.2 Å². The molecule has 0 aromatic heterocycles. The number of ether oxygens (including phenoxy) is 2. The fraction of sp³-hybridized carbons (Fsp3) is 0.826. The number of carboxylic acids is 1. The van der Waals surface area contributed by atoms with E-state index in [0.29, 0.717) is 24.5 Å². The third kappa shape index (κ3) is 13.8. The summed E-state index contributed by atoms with van der Waals surface area (Å²) in [5, 5.41) is 8.63. The van der Waals surface area contributed by atoms with E-state index in [-0.39, 0.29) is 5.97 Å². The van der Waals surface area contributed by atoms with E-state index in [1.165, 1.54) is 51.7 Å². The summed E-state index contributed by atoms with van der Waals surface area (Å²) in [4.78, 5) is 21.3. The van der Waals surface area contributed by atoms with Crippen molar-refractivity contribution in [1.82, 2.24) is 0 Å². The van der Waals surface area contributed by atoms with E-state index in [9.17, 15) is 9.59 Å². The Bertz CT molecular complexity index is 460. The molecule has 0 aromatic carbocycles. The molecule has 0 aliphatic carbocycles. The zero-order chi connectivity index (χ0) is 20.6. The number of rotatable bonds is 18. The topological polar surface area (TPSA) is 76.1 Å². The van der Waals surface area contributed by atoms with Gasteiger partial charge in [-0.25, -0.2) is 0 Å². The number of carboxylic acid groups (broad SMARTS) is 1. The Labute approximate surface area is 170 Å². The quantitative estimate of drug-likeness (QED) is 0.133. The molecule has 1 saturated heterocycles. The van der Waals surface area contributed by atoms with Gasteiger partial charge in [0.2, 0.25) is 0 Å². The molecule has 1 fully saturated rings. The van der Waals surface area contributed by atoms with Crippen molar-refractivity contribution in [1.29, 1.82) is 0 Å². The van der Waals surface area contributed by atoms with Crippen LogP contribution in [-0.2, 0) is 19.1 Å². The second-order valence-corrected chi connectivity index (χ2v) is 8.08. The lowest BCUT2D eigenvalue weighted by Crippen LogP contribution is -2.06. The lowest BCUT2D eigenvalue weighted by Gasteiger charge is -2.13. The molecule has 5 nitrogen and oxygen atoms in total. The van der Waals surface area contributed by atoms with Crippen LogP contribution in [0.5, 0.6) is 0 Å². The smallest absolute Gasteiger partial charge is 0.307 e. The summed E-state index contributed by atoms with van der Waals surface area (Å²) in [5.74, 6) is -0.375. The number of esters is 1. The molecule has 0 spiro atoms. The number of unbranched alkanes of at least 4 members (excludes halogenated alkanes) is 7. The van der Waals surface area contributed by atoms with Gasteiger partial charge in [0.05, 0.1) is 18.5 Å². The summed E-state index contributed by atoms with van der Waals surface area (Å²) < 4.78 is 10.8. The molecular formula is C23H40O5. The van der Waals surface area contributed by atoms with E-state index >= 15 is 0 Å². The normalized spacial score (nSPS) is 19.6. The SMILES string of the molecule is CCCCCCC(CC=COC(C)=O)CC1OC1CCCCCCCC(=O)O. The molecule has 5 heteroatoms. The summed E-state index contributed by atoms with van der Waals surface area (Å²) in [6, 6.07) is 0. The molecule has 3 unspecified atom stereocenters. The fourth-order valence-corrected chi connectivity index (χ4v) is 3.70. The van der Waals surface area contributed by atoms with Crippen LogP contribution in [0.1, 0.15) is 104 Å². The third-order valence-electron chi connectivity index (χ3n) is 5.40. The highest BCUT2D eigenvalue weighted by molar-refractivity contribution is 5.66. The Morgan fingerprint density at radius 2 is 1.75 bits per heavy atom. The number of hydrogen-bond donors (Lipinski definition) is 1. The largest absolute Gasteiger partial charge is 0.481 e. The minimum atomic E-state index is -0.693. The Balaban J connectivity index is 2.17. The van der Waals surface area contributed by atoms with Crippen LogP contribution in [0.4, 0.5) is 0 Å². The summed E-state index contributed by atoms with van der Waals surface area (Å²) in [5.41, 5.74) is 0. The maximum Gasteiger partial charge on any atom is 0.307 e. The van der Waals surface area contributed by atoms with Gasteiger partial charge in [-0.15, -0.1) is 0 Å². The number of carbonyl (C=O) groups is 2. The van der Waals surface area contributed by atoms with Gasteiger partial charge in [-0.05, 0) is 37.7 Å². The zero-order valence-electron chi connectivity index (χ0n) is 17.9. The lowest BCUT2D eigenvalue weighted by molar-refractivity contribution is -0.137. The first-order valence-electron chi connectivity index (χ1n) is 11.2. The number of hydrogen-bond acceptors (Lipinski definition) is 4. The first kappa shape index (κ1) is 24.7. The molecule has 162 valence electrons. The molecule has 0 radical (unpaired) electrons. The second kappa shape index (κ2) is 15.5. The average Bonchev–Trinajstić information content (AvgIpc) is 3.38. The summed E-state index contributed by atoms with van der Waals surface area (Å²) in [7, 11) is 0. The maximum atomic E-state index is 10.9. The van der Waals surface area contributed by atoms with Crippen LogP contribution in [0.25, 0.3) is 0 Å². The van der Waals surface area contributed by atoms with Crippen LogP contribution in [0.15, 0.2) is 12.3 Å². The van der Waals surface area contributed by atoms with Gasteiger partial charge in [0.25, 0.3) is 0 Å². The highest BCUT2D eigenvalue weighted by Crippen LogP contribution is 2.35. The first-order chi connectivity index (χ1) is 13.5. The van der Waals surface area contributed by atoms with Gasteiger partial charge in [-0.1, -0.05) is 64.7 Å². The molecule has 28 heavy (non-hydrogen) atoms. The Hall–Kier alpha value is -1.36. The van der Waals surface area contributed by atoms with Crippen LogP contribution in [0, 0.1) is 5.92 Å². The molecule has 1 N–H and O–H groups in total. The van der Waals surface area contributed by atoms with Gasteiger partial charge in [-0.3, -0.25) is 9.59 Å². The van der Waals surface area contributed by atoms with Crippen molar-refractivity contribution in [2.75, 3.05) is 0 Å². The monoisotopic (exact) mass is 396 g/mol. The minimum Gasteiger partial charge on any atom is -0.481 e. The van der Waals surface area contributed by atoms with Crippen LogP contribution in [-0.4, -0.2) is 29.3 Å². The third-order valence-corrected chi connectivity index (χ3v) is 5.40. The molecule has 1 aliphatic rings. The van der Waals surface area contributed by atoms with Gasteiger partial charge in [0.15, 0.2) is 0 Å². The highest BCUT2D eigenvalue weighted by Gasteiger charge is 2.38. The van der Waals surface area contributed by atoms with E-state index in [1.54, 1.807) is 0 Å². The van der Waals surface area contributed by atoms with Crippen molar-refractivity contribution >= 4 is 11.9 Å². The van der Waals surface area contributed by atoms with Crippen LogP contribution < -0.4 is 0 Å². The van der Waals surface area contributed by atoms with E-state index in [1.807, 2.05) is 6.08 Å².